The first-order valence-corrected chi connectivity index (χ1v) is 10.7. The number of benzene rings is 2. The number of piperazine rings is 1. The topological polar surface area (TPSA) is 62.3 Å². The molecule has 164 valence electrons. The number of para-hydroxylation sites is 2. The Labute approximate surface area is 183 Å². The highest BCUT2D eigenvalue weighted by Gasteiger charge is 2.36. The summed E-state index contributed by atoms with van der Waals surface area (Å²) < 4.78 is 11.8. The second-order valence-electron chi connectivity index (χ2n) is 8.24. The molecule has 2 aliphatic rings. The molecule has 1 saturated heterocycles. The second-order valence-corrected chi connectivity index (χ2v) is 8.24. The van der Waals surface area contributed by atoms with Crippen LogP contribution in [-0.4, -0.2) is 74.1 Å². The number of carbonyl (C=O) groups excluding carboxylic acids is 2. The number of anilines is 1. The lowest BCUT2D eigenvalue weighted by Gasteiger charge is -2.38. The van der Waals surface area contributed by atoms with Crippen LogP contribution >= 0.6 is 0 Å². The van der Waals surface area contributed by atoms with Gasteiger partial charge in [0, 0.05) is 26.2 Å². The molecule has 4 rings (SSSR count). The number of nitrogens with zero attached hydrogens (tertiary/aromatic N) is 3. The third-order valence-corrected chi connectivity index (χ3v) is 6.01. The standard InChI is InChI=1S/C24H29N3O4/c1-17-8-9-19(14-18(17)2)30-16-23(28)27-15-22(31-21-7-5-4-6-20(21)27)24(29)26-12-10-25(3)11-13-26/h4-9,14,22H,10-13,15-16H2,1-3H3. The van der Waals surface area contributed by atoms with Crippen LogP contribution in [0.15, 0.2) is 42.5 Å². The fourth-order valence-electron chi connectivity index (χ4n) is 3.86. The number of aryl methyl sites for hydroxylation is 2. The number of fused-ring (bicyclic) bond motifs is 1. The van der Waals surface area contributed by atoms with Crippen molar-refractivity contribution in [2.75, 3.05) is 51.3 Å². The van der Waals surface area contributed by atoms with Gasteiger partial charge in [-0.05, 0) is 56.3 Å². The highest BCUT2D eigenvalue weighted by molar-refractivity contribution is 5.98. The molecule has 7 heteroatoms. The summed E-state index contributed by atoms with van der Waals surface area (Å²) >= 11 is 0. The molecule has 2 aromatic rings. The zero-order valence-electron chi connectivity index (χ0n) is 18.3. The summed E-state index contributed by atoms with van der Waals surface area (Å²) in [7, 11) is 2.05. The lowest BCUT2D eigenvalue weighted by Crippen LogP contribution is -2.56. The van der Waals surface area contributed by atoms with E-state index in [1.807, 2.05) is 62.2 Å². The summed E-state index contributed by atoms with van der Waals surface area (Å²) in [6.45, 7) is 7.12. The molecule has 0 aromatic heterocycles. The number of rotatable bonds is 4. The van der Waals surface area contributed by atoms with Gasteiger partial charge in [-0.25, -0.2) is 0 Å². The average Bonchev–Trinajstić information content (AvgIpc) is 2.79. The summed E-state index contributed by atoms with van der Waals surface area (Å²) in [5.41, 5.74) is 2.95. The molecule has 31 heavy (non-hydrogen) atoms. The summed E-state index contributed by atoms with van der Waals surface area (Å²) in [6, 6.07) is 13.1. The lowest BCUT2D eigenvalue weighted by atomic mass is 10.1. The highest BCUT2D eigenvalue weighted by atomic mass is 16.5. The van der Waals surface area contributed by atoms with Crippen molar-refractivity contribution in [3.63, 3.8) is 0 Å². The van der Waals surface area contributed by atoms with Crippen molar-refractivity contribution < 1.29 is 19.1 Å². The Bertz CT molecular complexity index is 969. The lowest BCUT2D eigenvalue weighted by molar-refractivity contribution is -0.140. The summed E-state index contributed by atoms with van der Waals surface area (Å²) in [4.78, 5) is 31.8. The molecule has 2 aliphatic heterocycles. The van der Waals surface area contributed by atoms with Crippen LogP contribution < -0.4 is 14.4 Å². The van der Waals surface area contributed by atoms with Crippen LogP contribution in [0.4, 0.5) is 5.69 Å². The first-order chi connectivity index (χ1) is 14.9. The van der Waals surface area contributed by atoms with Gasteiger partial charge in [0.15, 0.2) is 12.7 Å². The SMILES string of the molecule is Cc1ccc(OCC(=O)N2CC(C(=O)N3CCN(C)CC3)Oc3ccccc32)cc1C. The molecule has 2 heterocycles. The molecule has 7 nitrogen and oxygen atoms in total. The van der Waals surface area contributed by atoms with Crippen molar-refractivity contribution in [2.45, 2.75) is 20.0 Å². The number of ether oxygens (including phenoxy) is 2. The minimum Gasteiger partial charge on any atom is -0.484 e. The van der Waals surface area contributed by atoms with Crippen LogP contribution in [-0.2, 0) is 9.59 Å². The molecule has 0 N–H and O–H groups in total. The fraction of sp³-hybridized carbons (Fsp3) is 0.417. The Morgan fingerprint density at radius 3 is 2.52 bits per heavy atom. The van der Waals surface area contributed by atoms with E-state index in [1.54, 1.807) is 11.0 Å². The second kappa shape index (κ2) is 8.98. The predicted octanol–water partition coefficient (Wildman–Crippen LogP) is 2.25. The maximum Gasteiger partial charge on any atom is 0.265 e. The molecular weight excluding hydrogens is 394 g/mol. The van der Waals surface area contributed by atoms with E-state index in [2.05, 4.69) is 4.90 Å². The van der Waals surface area contributed by atoms with Gasteiger partial charge in [-0.3, -0.25) is 9.59 Å². The van der Waals surface area contributed by atoms with E-state index in [1.165, 1.54) is 5.56 Å². The average molecular weight is 424 g/mol. The van der Waals surface area contributed by atoms with Gasteiger partial charge in [-0.1, -0.05) is 18.2 Å². The number of hydrogen-bond donors (Lipinski definition) is 0. The van der Waals surface area contributed by atoms with E-state index >= 15 is 0 Å². The number of hydrogen-bond acceptors (Lipinski definition) is 5. The van der Waals surface area contributed by atoms with Gasteiger partial charge in [0.1, 0.15) is 11.5 Å². The van der Waals surface area contributed by atoms with Crippen LogP contribution in [0.3, 0.4) is 0 Å². The third-order valence-electron chi connectivity index (χ3n) is 6.01. The van der Waals surface area contributed by atoms with Gasteiger partial charge >= 0.3 is 0 Å². The van der Waals surface area contributed by atoms with Crippen molar-refractivity contribution in [3.05, 3.63) is 53.6 Å². The molecule has 2 aromatic carbocycles. The van der Waals surface area contributed by atoms with E-state index in [0.717, 1.165) is 18.7 Å². The molecule has 0 aliphatic carbocycles. The smallest absolute Gasteiger partial charge is 0.265 e. The first-order valence-electron chi connectivity index (χ1n) is 10.7. The first kappa shape index (κ1) is 21.2. The number of carbonyl (C=O) groups is 2. The molecule has 0 saturated carbocycles. The quantitative estimate of drug-likeness (QED) is 0.755. The van der Waals surface area contributed by atoms with Gasteiger partial charge in [0.05, 0.1) is 12.2 Å². The van der Waals surface area contributed by atoms with E-state index in [-0.39, 0.29) is 25.0 Å². The van der Waals surface area contributed by atoms with Crippen molar-refractivity contribution in [1.82, 2.24) is 9.80 Å². The van der Waals surface area contributed by atoms with Gasteiger partial charge in [-0.2, -0.15) is 0 Å². The minimum atomic E-state index is -0.719. The van der Waals surface area contributed by atoms with E-state index in [4.69, 9.17) is 9.47 Å². The van der Waals surface area contributed by atoms with E-state index in [0.29, 0.717) is 30.3 Å². The van der Waals surface area contributed by atoms with Gasteiger partial charge in [-0.15, -0.1) is 0 Å². The summed E-state index contributed by atoms with van der Waals surface area (Å²) in [5.74, 6) is 0.921. The predicted molar refractivity (Wildman–Crippen MR) is 119 cm³/mol. The van der Waals surface area contributed by atoms with Crippen LogP contribution in [0.5, 0.6) is 11.5 Å². The largest absolute Gasteiger partial charge is 0.484 e. The maximum atomic E-state index is 13.1. The Morgan fingerprint density at radius 2 is 1.77 bits per heavy atom. The zero-order valence-corrected chi connectivity index (χ0v) is 18.3. The van der Waals surface area contributed by atoms with E-state index in [9.17, 15) is 9.59 Å². The molecular formula is C24H29N3O4. The molecule has 1 unspecified atom stereocenters. The number of likely N-dealkylation sites (N-methyl/N-ethyl adjacent to an activating group) is 1. The molecule has 0 spiro atoms. The molecule has 0 radical (unpaired) electrons. The van der Waals surface area contributed by atoms with Crippen LogP contribution in [0.1, 0.15) is 11.1 Å². The van der Waals surface area contributed by atoms with Crippen molar-refractivity contribution in [1.29, 1.82) is 0 Å². The molecule has 0 bridgehead atoms. The van der Waals surface area contributed by atoms with Gasteiger partial charge in [0.25, 0.3) is 11.8 Å². The summed E-state index contributed by atoms with van der Waals surface area (Å²) in [5, 5.41) is 0. The van der Waals surface area contributed by atoms with E-state index < -0.39 is 6.10 Å². The maximum absolute atomic E-state index is 13.1. The normalized spacial score (nSPS) is 18.9. The van der Waals surface area contributed by atoms with Crippen LogP contribution in [0.2, 0.25) is 0 Å². The Balaban J connectivity index is 1.48. The zero-order chi connectivity index (χ0) is 22.0. The van der Waals surface area contributed by atoms with Gasteiger partial charge in [0.2, 0.25) is 0 Å². The van der Waals surface area contributed by atoms with Crippen molar-refractivity contribution >= 4 is 17.5 Å². The van der Waals surface area contributed by atoms with Gasteiger partial charge < -0.3 is 24.2 Å². The summed E-state index contributed by atoms with van der Waals surface area (Å²) in [6.07, 6.45) is -0.719. The van der Waals surface area contributed by atoms with Crippen molar-refractivity contribution in [3.8, 4) is 11.5 Å². The molecule has 1 atom stereocenters. The van der Waals surface area contributed by atoms with Crippen molar-refractivity contribution in [2.24, 2.45) is 0 Å². The molecule has 1 fully saturated rings. The Hall–Kier alpha value is -3.06. The third kappa shape index (κ3) is 4.66. The number of amides is 2. The molecule has 2 amide bonds. The monoisotopic (exact) mass is 423 g/mol. The minimum absolute atomic E-state index is 0.0736. The van der Waals surface area contributed by atoms with Crippen LogP contribution in [0, 0.1) is 13.8 Å². The highest BCUT2D eigenvalue weighted by Crippen LogP contribution is 2.33. The Morgan fingerprint density at radius 1 is 1.03 bits per heavy atom. The fourth-order valence-corrected chi connectivity index (χ4v) is 3.86. The Kier molecular flexibility index (Phi) is 6.13. The van der Waals surface area contributed by atoms with Crippen LogP contribution in [0.25, 0.3) is 0 Å².